The highest BCUT2D eigenvalue weighted by atomic mass is 16.7. The van der Waals surface area contributed by atoms with Gasteiger partial charge < -0.3 is 4.84 Å². The van der Waals surface area contributed by atoms with E-state index in [1.807, 2.05) is 0 Å². The Morgan fingerprint density at radius 1 is 1.77 bits per heavy atom. The summed E-state index contributed by atoms with van der Waals surface area (Å²) in [6.45, 7) is 4.15. The van der Waals surface area contributed by atoms with E-state index in [2.05, 4.69) is 6.92 Å². The van der Waals surface area contributed by atoms with E-state index in [4.69, 9.17) is 10.2 Å². The number of nitrogens with zero attached hydrogens (tertiary/aromatic N) is 1. The van der Waals surface area contributed by atoms with Crippen LogP contribution in [0.15, 0.2) is 0 Å². The number of piperidine rings is 1. The van der Waals surface area contributed by atoms with Gasteiger partial charge in [0.25, 0.3) is 0 Å². The molecular weight excluding hydrogens is 168 g/mol. The molecule has 1 unspecified atom stereocenters. The lowest BCUT2D eigenvalue weighted by atomic mass is 9.95. The fourth-order valence-corrected chi connectivity index (χ4v) is 1.52. The van der Waals surface area contributed by atoms with Crippen molar-refractivity contribution >= 4 is 11.8 Å². The molecule has 1 fully saturated rings. The minimum absolute atomic E-state index is 0.348. The topological polar surface area (TPSA) is 53.4 Å². The van der Waals surface area contributed by atoms with E-state index in [1.54, 1.807) is 0 Å². The van der Waals surface area contributed by atoms with E-state index in [0.717, 1.165) is 19.3 Å². The highest BCUT2D eigenvalue weighted by molar-refractivity contribution is 5.80. The van der Waals surface area contributed by atoms with Crippen molar-refractivity contribution in [2.24, 2.45) is 5.92 Å². The Labute approximate surface area is 78.3 Å². The second-order valence-electron chi connectivity index (χ2n) is 3.40. The molecule has 0 saturated carbocycles. The molecule has 0 aromatic rings. The summed E-state index contributed by atoms with van der Waals surface area (Å²) in [5.74, 6) is 0.660. The first kappa shape index (κ1) is 10.0. The fourth-order valence-electron chi connectivity index (χ4n) is 1.52. The molecule has 4 heteroatoms. The van der Waals surface area contributed by atoms with E-state index < -0.39 is 0 Å². The van der Waals surface area contributed by atoms with Crippen LogP contribution in [0.4, 0.5) is 0 Å². The number of hydrogen-bond acceptors (Lipinski definition) is 3. The molecule has 0 amide bonds. The first-order valence-electron chi connectivity index (χ1n) is 4.67. The molecule has 0 aromatic carbocycles. The lowest BCUT2D eigenvalue weighted by Crippen LogP contribution is -2.39. The lowest BCUT2D eigenvalue weighted by Gasteiger charge is -2.31. The van der Waals surface area contributed by atoms with Crippen molar-refractivity contribution in [3.8, 4) is 0 Å². The normalized spacial score (nSPS) is 23.1. The Kier molecular flexibility index (Phi) is 3.28. The second-order valence-corrected chi connectivity index (χ2v) is 3.40. The second kappa shape index (κ2) is 4.25. The monoisotopic (exact) mass is 184 g/mol. The molecule has 1 N–H and O–H groups in total. The Hall–Kier alpha value is -1.06. The Bertz CT molecular complexity index is 216. The molecule has 1 aliphatic rings. The molecule has 4 nitrogen and oxygen atoms in total. The van der Waals surface area contributed by atoms with E-state index in [9.17, 15) is 4.79 Å². The predicted molar refractivity (Wildman–Crippen MR) is 49.2 cm³/mol. The Balaban J connectivity index is 2.44. The number of hydrogen-bond donors (Lipinski definition) is 1. The van der Waals surface area contributed by atoms with E-state index in [0.29, 0.717) is 18.3 Å². The average Bonchev–Trinajstić information content (AvgIpc) is 2.08. The van der Waals surface area contributed by atoms with Gasteiger partial charge >= 0.3 is 5.97 Å². The highest BCUT2D eigenvalue weighted by Crippen LogP contribution is 2.21. The van der Waals surface area contributed by atoms with Gasteiger partial charge in [-0.1, -0.05) is 13.3 Å². The van der Waals surface area contributed by atoms with Crippen molar-refractivity contribution in [3.63, 3.8) is 0 Å². The van der Waals surface area contributed by atoms with Gasteiger partial charge in [0.05, 0.1) is 6.54 Å². The van der Waals surface area contributed by atoms with Gasteiger partial charge in [-0.2, -0.15) is 5.06 Å². The molecule has 1 heterocycles. The molecule has 0 bridgehead atoms. The van der Waals surface area contributed by atoms with Gasteiger partial charge in [-0.15, -0.1) is 0 Å². The van der Waals surface area contributed by atoms with Crippen LogP contribution in [-0.2, 0) is 9.63 Å². The molecule has 13 heavy (non-hydrogen) atoms. The largest absolute Gasteiger partial charge is 0.340 e. The van der Waals surface area contributed by atoms with Crippen molar-refractivity contribution in [2.75, 3.05) is 6.54 Å². The van der Waals surface area contributed by atoms with Crippen molar-refractivity contribution in [1.82, 2.24) is 5.06 Å². The van der Waals surface area contributed by atoms with E-state index >= 15 is 0 Å². The summed E-state index contributed by atoms with van der Waals surface area (Å²) in [5, 5.41) is 9.02. The van der Waals surface area contributed by atoms with Gasteiger partial charge in [0.15, 0.2) is 0 Å². The molecular formula is C9H16N2O2. The van der Waals surface area contributed by atoms with Crippen molar-refractivity contribution in [2.45, 2.75) is 33.1 Å². The number of nitrogens with one attached hydrogen (secondary N) is 1. The maximum Gasteiger partial charge on any atom is 0.329 e. The average molecular weight is 184 g/mol. The highest BCUT2D eigenvalue weighted by Gasteiger charge is 2.23. The zero-order valence-electron chi connectivity index (χ0n) is 8.17. The van der Waals surface area contributed by atoms with Gasteiger partial charge in [0, 0.05) is 13.3 Å². The molecule has 1 aliphatic heterocycles. The first-order chi connectivity index (χ1) is 6.13. The third-order valence-corrected chi connectivity index (χ3v) is 2.34. The maximum absolute atomic E-state index is 10.6. The van der Waals surface area contributed by atoms with Crippen LogP contribution < -0.4 is 0 Å². The molecule has 0 aliphatic carbocycles. The van der Waals surface area contributed by atoms with Crippen molar-refractivity contribution in [1.29, 1.82) is 5.41 Å². The molecule has 1 saturated heterocycles. The number of rotatable bonds is 2. The van der Waals surface area contributed by atoms with Crippen LogP contribution in [0.1, 0.15) is 33.1 Å². The molecule has 1 rings (SSSR count). The van der Waals surface area contributed by atoms with Crippen LogP contribution in [0.5, 0.6) is 0 Å². The summed E-state index contributed by atoms with van der Waals surface area (Å²) in [5.41, 5.74) is 0. The first-order valence-corrected chi connectivity index (χ1v) is 4.67. The quantitative estimate of drug-likeness (QED) is 0.708. The maximum atomic E-state index is 10.6. The Morgan fingerprint density at radius 2 is 2.46 bits per heavy atom. The zero-order chi connectivity index (χ0) is 9.84. The molecule has 1 atom stereocenters. The van der Waals surface area contributed by atoms with Gasteiger partial charge in [-0.25, -0.2) is 0 Å². The standard InChI is InChI=1S/C9H16N2O2/c1-3-8-4-5-11(9(10)6-8)13-7(2)12/h8,10H,3-6H2,1-2H3. The number of carbonyl (C=O) groups excluding carboxylic acids is 1. The minimum atomic E-state index is -0.348. The van der Waals surface area contributed by atoms with E-state index in [-0.39, 0.29) is 5.97 Å². The van der Waals surface area contributed by atoms with E-state index in [1.165, 1.54) is 12.0 Å². The SMILES string of the molecule is CCC1CCN(OC(C)=O)C(=N)C1. The van der Waals surface area contributed by atoms with Crippen LogP contribution in [0.2, 0.25) is 0 Å². The van der Waals surface area contributed by atoms with Gasteiger partial charge in [-0.05, 0) is 12.3 Å². The third-order valence-electron chi connectivity index (χ3n) is 2.34. The van der Waals surface area contributed by atoms with Crippen molar-refractivity contribution in [3.05, 3.63) is 0 Å². The van der Waals surface area contributed by atoms with Crippen LogP contribution in [0.25, 0.3) is 0 Å². The lowest BCUT2D eigenvalue weighted by molar-refractivity contribution is -0.172. The zero-order valence-corrected chi connectivity index (χ0v) is 8.17. The molecule has 0 aromatic heterocycles. The summed E-state index contributed by atoms with van der Waals surface area (Å²) < 4.78 is 0. The van der Waals surface area contributed by atoms with Crippen LogP contribution >= 0.6 is 0 Å². The number of hydroxylamine groups is 2. The number of carbonyl (C=O) groups is 1. The van der Waals surface area contributed by atoms with Crippen LogP contribution in [0.3, 0.4) is 0 Å². The van der Waals surface area contributed by atoms with Crippen molar-refractivity contribution < 1.29 is 9.63 Å². The summed E-state index contributed by atoms with van der Waals surface area (Å²) in [6.07, 6.45) is 2.83. The smallest absolute Gasteiger partial charge is 0.329 e. The van der Waals surface area contributed by atoms with Gasteiger partial charge in [-0.3, -0.25) is 10.2 Å². The molecule has 0 radical (unpaired) electrons. The Morgan fingerprint density at radius 3 is 2.92 bits per heavy atom. The van der Waals surface area contributed by atoms with Crippen LogP contribution in [0, 0.1) is 11.3 Å². The summed E-state index contributed by atoms with van der Waals surface area (Å²) in [4.78, 5) is 15.5. The summed E-state index contributed by atoms with van der Waals surface area (Å²) in [6, 6.07) is 0. The van der Waals surface area contributed by atoms with Gasteiger partial charge in [0.1, 0.15) is 5.84 Å². The van der Waals surface area contributed by atoms with Crippen LogP contribution in [-0.4, -0.2) is 23.4 Å². The third kappa shape index (κ3) is 2.72. The van der Waals surface area contributed by atoms with Gasteiger partial charge in [0.2, 0.25) is 0 Å². The molecule has 0 spiro atoms. The molecule has 74 valence electrons. The summed E-state index contributed by atoms with van der Waals surface area (Å²) >= 11 is 0. The summed E-state index contributed by atoms with van der Waals surface area (Å²) in [7, 11) is 0. The predicted octanol–water partition coefficient (Wildman–Crippen LogP) is 1.56. The number of amidine groups is 1. The minimum Gasteiger partial charge on any atom is -0.340 e. The fraction of sp³-hybridized carbons (Fsp3) is 0.778.